The number of ether oxygens (including phenoxy) is 1. The van der Waals surface area contributed by atoms with Crippen molar-refractivity contribution in [2.45, 2.75) is 13.0 Å². The quantitative estimate of drug-likeness (QED) is 0.806. The first kappa shape index (κ1) is 11.3. The Hall–Kier alpha value is -0.770. The summed E-state index contributed by atoms with van der Waals surface area (Å²) < 4.78 is 5.12. The molecule has 0 aliphatic heterocycles. The highest BCUT2D eigenvalue weighted by Crippen LogP contribution is 2.29. The van der Waals surface area contributed by atoms with Crippen molar-refractivity contribution in [1.82, 2.24) is 0 Å². The minimum absolute atomic E-state index is 0.171. The van der Waals surface area contributed by atoms with Crippen molar-refractivity contribution in [2.24, 2.45) is 5.73 Å². The zero-order valence-electron chi connectivity index (χ0n) is 8.25. The summed E-state index contributed by atoms with van der Waals surface area (Å²) in [5.74, 6) is 0.667. The molecule has 0 radical (unpaired) electrons. The van der Waals surface area contributed by atoms with Gasteiger partial charge in [-0.2, -0.15) is 0 Å². The maximum absolute atomic E-state index is 9.62. The lowest BCUT2D eigenvalue weighted by molar-refractivity contribution is 0.185. The van der Waals surface area contributed by atoms with E-state index < -0.39 is 6.10 Å². The third kappa shape index (κ3) is 2.18. The van der Waals surface area contributed by atoms with Gasteiger partial charge in [-0.1, -0.05) is 11.6 Å². The molecule has 1 aromatic carbocycles. The second-order valence-corrected chi connectivity index (χ2v) is 3.51. The third-order valence-electron chi connectivity index (χ3n) is 2.17. The molecule has 3 N–H and O–H groups in total. The fourth-order valence-corrected chi connectivity index (χ4v) is 1.58. The number of halogens is 1. The Bertz CT molecular complexity index is 328. The van der Waals surface area contributed by atoms with E-state index >= 15 is 0 Å². The summed E-state index contributed by atoms with van der Waals surface area (Å²) in [4.78, 5) is 0. The van der Waals surface area contributed by atoms with Gasteiger partial charge in [0, 0.05) is 11.6 Å². The number of hydrogen-bond acceptors (Lipinski definition) is 3. The van der Waals surface area contributed by atoms with Crippen LogP contribution in [0.2, 0.25) is 5.02 Å². The molecule has 0 heterocycles. The summed E-state index contributed by atoms with van der Waals surface area (Å²) in [5.41, 5.74) is 6.97. The Morgan fingerprint density at radius 1 is 1.57 bits per heavy atom. The minimum atomic E-state index is -0.692. The molecule has 0 fully saturated rings. The third-order valence-corrected chi connectivity index (χ3v) is 2.39. The summed E-state index contributed by atoms with van der Waals surface area (Å²) in [5, 5.41) is 10.2. The van der Waals surface area contributed by atoms with E-state index in [0.29, 0.717) is 10.8 Å². The van der Waals surface area contributed by atoms with Gasteiger partial charge in [0.25, 0.3) is 0 Å². The average Bonchev–Trinajstić information content (AvgIpc) is 2.19. The summed E-state index contributed by atoms with van der Waals surface area (Å²) in [6.07, 6.45) is -0.692. The van der Waals surface area contributed by atoms with E-state index in [1.165, 1.54) is 0 Å². The fourth-order valence-electron chi connectivity index (χ4n) is 1.36. The van der Waals surface area contributed by atoms with E-state index in [1.807, 2.05) is 6.92 Å². The molecule has 78 valence electrons. The molecule has 14 heavy (non-hydrogen) atoms. The molecule has 0 aliphatic carbocycles. The highest BCUT2D eigenvalue weighted by atomic mass is 35.5. The predicted octanol–water partition coefficient (Wildman–Crippen LogP) is 1.65. The van der Waals surface area contributed by atoms with Gasteiger partial charge in [0.15, 0.2) is 0 Å². The Labute approximate surface area is 88.4 Å². The summed E-state index contributed by atoms with van der Waals surface area (Å²) in [6, 6.07) is 3.42. The second kappa shape index (κ2) is 4.64. The van der Waals surface area contributed by atoms with Crippen LogP contribution in [0.4, 0.5) is 0 Å². The highest BCUT2D eigenvalue weighted by molar-refractivity contribution is 6.30. The van der Waals surface area contributed by atoms with Gasteiger partial charge in [-0.15, -0.1) is 0 Å². The molecule has 0 aliphatic rings. The Kier molecular flexibility index (Phi) is 3.75. The van der Waals surface area contributed by atoms with Crippen LogP contribution >= 0.6 is 11.6 Å². The Morgan fingerprint density at radius 2 is 2.21 bits per heavy atom. The molecule has 0 aromatic heterocycles. The van der Waals surface area contributed by atoms with Crippen LogP contribution in [0.5, 0.6) is 5.75 Å². The second-order valence-electron chi connectivity index (χ2n) is 3.07. The summed E-state index contributed by atoms with van der Waals surface area (Å²) in [7, 11) is 1.57. The topological polar surface area (TPSA) is 55.5 Å². The van der Waals surface area contributed by atoms with Crippen LogP contribution in [-0.2, 0) is 0 Å². The molecule has 1 unspecified atom stereocenters. The molecule has 0 amide bonds. The monoisotopic (exact) mass is 215 g/mol. The van der Waals surface area contributed by atoms with Gasteiger partial charge in [0.1, 0.15) is 5.75 Å². The van der Waals surface area contributed by atoms with Gasteiger partial charge in [-0.05, 0) is 30.2 Å². The number of aliphatic hydroxyl groups is 1. The molecular weight excluding hydrogens is 202 g/mol. The maximum atomic E-state index is 9.62. The number of aliphatic hydroxyl groups excluding tert-OH is 1. The maximum Gasteiger partial charge on any atom is 0.123 e. The van der Waals surface area contributed by atoms with Crippen molar-refractivity contribution in [3.63, 3.8) is 0 Å². The van der Waals surface area contributed by atoms with Crippen LogP contribution in [0.15, 0.2) is 12.1 Å². The van der Waals surface area contributed by atoms with Gasteiger partial charge in [0.05, 0.1) is 13.2 Å². The highest BCUT2D eigenvalue weighted by Gasteiger charge is 2.13. The van der Waals surface area contributed by atoms with Crippen molar-refractivity contribution in [3.05, 3.63) is 28.3 Å². The summed E-state index contributed by atoms with van der Waals surface area (Å²) in [6.45, 7) is 2.04. The van der Waals surface area contributed by atoms with E-state index in [9.17, 15) is 5.11 Å². The van der Waals surface area contributed by atoms with Crippen molar-refractivity contribution in [3.8, 4) is 5.75 Å². The SMILES string of the molecule is COc1cc(Cl)cc(C(O)CN)c1C. The van der Waals surface area contributed by atoms with E-state index in [-0.39, 0.29) is 6.54 Å². The van der Waals surface area contributed by atoms with Gasteiger partial charge in [0.2, 0.25) is 0 Å². The average molecular weight is 216 g/mol. The number of benzene rings is 1. The lowest BCUT2D eigenvalue weighted by Crippen LogP contribution is -2.13. The molecule has 1 rings (SSSR count). The molecule has 4 heteroatoms. The first-order chi connectivity index (χ1) is 6.60. The van der Waals surface area contributed by atoms with Gasteiger partial charge in [-0.3, -0.25) is 0 Å². The number of methoxy groups -OCH3 is 1. The Balaban J connectivity index is 3.21. The molecule has 3 nitrogen and oxygen atoms in total. The van der Waals surface area contributed by atoms with E-state index in [1.54, 1.807) is 19.2 Å². The Morgan fingerprint density at radius 3 is 2.71 bits per heavy atom. The molecule has 0 saturated heterocycles. The molecule has 1 atom stereocenters. The molecule has 1 aromatic rings. The number of hydrogen-bond donors (Lipinski definition) is 2. The normalized spacial score (nSPS) is 12.6. The van der Waals surface area contributed by atoms with E-state index in [2.05, 4.69) is 0 Å². The van der Waals surface area contributed by atoms with Crippen LogP contribution in [-0.4, -0.2) is 18.8 Å². The number of nitrogens with two attached hydrogens (primary N) is 1. The van der Waals surface area contributed by atoms with E-state index in [0.717, 1.165) is 11.1 Å². The smallest absolute Gasteiger partial charge is 0.123 e. The van der Waals surface area contributed by atoms with Gasteiger partial charge >= 0.3 is 0 Å². The minimum Gasteiger partial charge on any atom is -0.496 e. The largest absolute Gasteiger partial charge is 0.496 e. The first-order valence-corrected chi connectivity index (χ1v) is 4.70. The van der Waals surface area contributed by atoms with Crippen molar-refractivity contribution >= 4 is 11.6 Å². The van der Waals surface area contributed by atoms with Crippen LogP contribution in [0.1, 0.15) is 17.2 Å². The molecular formula is C10H14ClNO2. The fraction of sp³-hybridized carbons (Fsp3) is 0.400. The first-order valence-electron chi connectivity index (χ1n) is 4.32. The molecule has 0 bridgehead atoms. The summed E-state index contributed by atoms with van der Waals surface area (Å²) >= 11 is 5.87. The van der Waals surface area contributed by atoms with Crippen LogP contribution in [0.3, 0.4) is 0 Å². The van der Waals surface area contributed by atoms with Crippen LogP contribution in [0.25, 0.3) is 0 Å². The van der Waals surface area contributed by atoms with Crippen molar-refractivity contribution < 1.29 is 9.84 Å². The van der Waals surface area contributed by atoms with Gasteiger partial charge in [-0.25, -0.2) is 0 Å². The van der Waals surface area contributed by atoms with Crippen LogP contribution < -0.4 is 10.5 Å². The molecule has 0 spiro atoms. The lowest BCUT2D eigenvalue weighted by Gasteiger charge is -2.15. The number of rotatable bonds is 3. The standard InChI is InChI=1S/C10H14ClNO2/c1-6-8(9(13)5-12)3-7(11)4-10(6)14-2/h3-4,9,13H,5,12H2,1-2H3. The van der Waals surface area contributed by atoms with Crippen molar-refractivity contribution in [1.29, 1.82) is 0 Å². The predicted molar refractivity (Wildman–Crippen MR) is 56.8 cm³/mol. The zero-order chi connectivity index (χ0) is 10.7. The molecule has 0 saturated carbocycles. The zero-order valence-corrected chi connectivity index (χ0v) is 9.01. The lowest BCUT2D eigenvalue weighted by atomic mass is 10.0. The van der Waals surface area contributed by atoms with Crippen LogP contribution in [0, 0.1) is 6.92 Å². The van der Waals surface area contributed by atoms with Crippen molar-refractivity contribution in [2.75, 3.05) is 13.7 Å². The van der Waals surface area contributed by atoms with E-state index in [4.69, 9.17) is 22.1 Å². The van der Waals surface area contributed by atoms with Gasteiger partial charge < -0.3 is 15.6 Å².